The maximum atomic E-state index is 12.6. The molecule has 5 atom stereocenters. The molecule has 12 nitrogen and oxygen atoms in total. The summed E-state index contributed by atoms with van der Waals surface area (Å²) in [5, 5.41) is 30.4. The zero-order valence-electron chi connectivity index (χ0n) is 34.4. The van der Waals surface area contributed by atoms with E-state index in [2.05, 4.69) is 26.0 Å². The van der Waals surface area contributed by atoms with Crippen LogP contribution in [0.1, 0.15) is 123 Å². The molecule has 0 heterocycles. The van der Waals surface area contributed by atoms with Crippen molar-refractivity contribution < 1.29 is 57.4 Å². The fourth-order valence-electron chi connectivity index (χ4n) is 4.96. The first-order valence-corrected chi connectivity index (χ1v) is 21.8. The molecular formula is C42H74NO11P. The first kappa shape index (κ1) is 52.6. The third-order valence-electron chi connectivity index (χ3n) is 8.38. The molecule has 1 unspecified atom stereocenters. The van der Waals surface area contributed by atoms with Crippen molar-refractivity contribution in [3.05, 3.63) is 60.8 Å². The maximum absolute atomic E-state index is 12.6. The van der Waals surface area contributed by atoms with Gasteiger partial charge in [0, 0.05) is 12.8 Å². The van der Waals surface area contributed by atoms with Crippen LogP contribution in [0.15, 0.2) is 60.8 Å². The quantitative estimate of drug-likeness (QED) is 0.0148. The number of rotatable bonds is 35. The molecule has 0 aliphatic rings. The molecule has 0 saturated heterocycles. The lowest BCUT2D eigenvalue weighted by Gasteiger charge is -2.28. The molecule has 0 aromatic carbocycles. The van der Waals surface area contributed by atoms with Gasteiger partial charge in [0.15, 0.2) is 6.10 Å². The summed E-state index contributed by atoms with van der Waals surface area (Å²) in [6.45, 7) is 3.64. The minimum atomic E-state index is -4.71. The van der Waals surface area contributed by atoms with Gasteiger partial charge in [0.25, 0.3) is 7.82 Å². The van der Waals surface area contributed by atoms with Gasteiger partial charge < -0.3 is 43.2 Å². The summed E-state index contributed by atoms with van der Waals surface area (Å²) < 4.78 is 33.5. The molecule has 0 spiro atoms. The van der Waals surface area contributed by atoms with Crippen molar-refractivity contribution in [3.63, 3.8) is 0 Å². The van der Waals surface area contributed by atoms with E-state index in [0.29, 0.717) is 17.4 Å². The van der Waals surface area contributed by atoms with Gasteiger partial charge in [-0.05, 0) is 44.9 Å². The highest BCUT2D eigenvalue weighted by molar-refractivity contribution is 7.45. The summed E-state index contributed by atoms with van der Waals surface area (Å²) in [5.41, 5.74) is 0. The van der Waals surface area contributed by atoms with Gasteiger partial charge in [-0.15, -0.1) is 0 Å². The van der Waals surface area contributed by atoms with Crippen molar-refractivity contribution in [3.8, 4) is 0 Å². The van der Waals surface area contributed by atoms with Gasteiger partial charge in [-0.1, -0.05) is 126 Å². The van der Waals surface area contributed by atoms with Gasteiger partial charge in [0.1, 0.15) is 19.8 Å². The lowest BCUT2D eigenvalue weighted by atomic mass is 10.1. The topological polar surface area (TPSA) is 172 Å². The van der Waals surface area contributed by atoms with Crippen molar-refractivity contribution in [2.45, 2.75) is 147 Å². The Balaban J connectivity index is 4.76. The predicted molar refractivity (Wildman–Crippen MR) is 217 cm³/mol. The van der Waals surface area contributed by atoms with Crippen LogP contribution in [-0.4, -0.2) is 104 Å². The summed E-state index contributed by atoms with van der Waals surface area (Å²) in [6.07, 6.45) is 27.7. The van der Waals surface area contributed by atoms with Crippen LogP contribution in [0, 0.1) is 0 Å². The Morgan fingerprint density at radius 3 is 1.96 bits per heavy atom. The normalized spacial score (nSPS) is 16.0. The Hall–Kier alpha value is -2.41. The van der Waals surface area contributed by atoms with Crippen LogP contribution in [0.5, 0.6) is 0 Å². The largest absolute Gasteiger partial charge is 0.756 e. The number of carbonyl (C=O) groups excluding carboxylic acids is 2. The Labute approximate surface area is 332 Å². The molecule has 55 heavy (non-hydrogen) atoms. The highest BCUT2D eigenvalue weighted by Crippen LogP contribution is 2.38. The molecular weight excluding hydrogens is 725 g/mol. The molecule has 0 aliphatic heterocycles. The molecule has 0 fully saturated rings. The third kappa shape index (κ3) is 35.7. The second-order valence-electron chi connectivity index (χ2n) is 14.9. The van der Waals surface area contributed by atoms with Gasteiger partial charge in [0.05, 0.1) is 46.1 Å². The number of carbonyl (C=O) groups is 2. The van der Waals surface area contributed by atoms with Crippen molar-refractivity contribution >= 4 is 19.8 Å². The van der Waals surface area contributed by atoms with E-state index >= 15 is 0 Å². The molecule has 0 rings (SSSR count). The highest BCUT2D eigenvalue weighted by Gasteiger charge is 2.22. The van der Waals surface area contributed by atoms with Gasteiger partial charge >= 0.3 is 11.9 Å². The molecule has 0 aliphatic carbocycles. The second kappa shape index (κ2) is 33.7. The summed E-state index contributed by atoms with van der Waals surface area (Å²) >= 11 is 0. The molecule has 318 valence electrons. The van der Waals surface area contributed by atoms with E-state index in [-0.39, 0.29) is 32.3 Å². The molecule has 0 bridgehead atoms. The van der Waals surface area contributed by atoms with E-state index in [4.69, 9.17) is 18.5 Å². The minimum Gasteiger partial charge on any atom is -0.756 e. The fraction of sp³-hybridized carbons (Fsp3) is 0.714. The van der Waals surface area contributed by atoms with E-state index in [1.165, 1.54) is 18.9 Å². The van der Waals surface area contributed by atoms with Crippen LogP contribution >= 0.6 is 7.82 Å². The van der Waals surface area contributed by atoms with E-state index in [1.54, 1.807) is 42.5 Å². The van der Waals surface area contributed by atoms with Gasteiger partial charge in [-0.3, -0.25) is 14.2 Å². The van der Waals surface area contributed by atoms with Crippen molar-refractivity contribution in [1.29, 1.82) is 0 Å². The lowest BCUT2D eigenvalue weighted by molar-refractivity contribution is -0.870. The third-order valence-corrected chi connectivity index (χ3v) is 9.34. The monoisotopic (exact) mass is 799 g/mol. The van der Waals surface area contributed by atoms with E-state index in [1.807, 2.05) is 21.1 Å². The van der Waals surface area contributed by atoms with Crippen molar-refractivity contribution in [2.75, 3.05) is 47.5 Å². The Morgan fingerprint density at radius 1 is 0.691 bits per heavy atom. The number of aliphatic hydroxyl groups is 3. The second-order valence-corrected chi connectivity index (χ2v) is 16.3. The number of quaternary nitrogens is 1. The Kier molecular flexibility index (Phi) is 32.2. The molecule has 0 saturated carbocycles. The van der Waals surface area contributed by atoms with Gasteiger partial charge in [-0.25, -0.2) is 0 Å². The first-order chi connectivity index (χ1) is 26.2. The number of phosphoric ester groups is 1. The van der Waals surface area contributed by atoms with E-state index in [9.17, 15) is 34.4 Å². The number of esters is 2. The molecule has 0 aromatic rings. The fourth-order valence-corrected chi connectivity index (χ4v) is 5.69. The van der Waals surface area contributed by atoms with E-state index < -0.39 is 57.4 Å². The zero-order chi connectivity index (χ0) is 41.2. The molecule has 0 amide bonds. The molecule has 3 N–H and O–H groups in total. The van der Waals surface area contributed by atoms with Crippen LogP contribution in [-0.2, 0) is 32.7 Å². The average Bonchev–Trinajstić information content (AvgIpc) is 3.12. The predicted octanol–water partition coefficient (Wildman–Crippen LogP) is 7.18. The summed E-state index contributed by atoms with van der Waals surface area (Å²) in [5.74, 6) is -1.18. The summed E-state index contributed by atoms with van der Waals surface area (Å²) in [7, 11) is 0.960. The van der Waals surface area contributed by atoms with Crippen molar-refractivity contribution in [1.82, 2.24) is 0 Å². The maximum Gasteiger partial charge on any atom is 0.306 e. The summed E-state index contributed by atoms with van der Waals surface area (Å²) in [4.78, 5) is 37.4. The lowest BCUT2D eigenvalue weighted by Crippen LogP contribution is -2.37. The smallest absolute Gasteiger partial charge is 0.306 e. The number of ether oxygens (including phenoxy) is 2. The highest BCUT2D eigenvalue weighted by atomic mass is 31.2. The van der Waals surface area contributed by atoms with Crippen LogP contribution in [0.25, 0.3) is 0 Å². The number of likely N-dealkylation sites (N-methyl/N-ethyl adjacent to an activating group) is 1. The SMILES string of the molecule is CCCC/C=C\CCCCCCCC(=O)O[C@H](COC(=O)CCC[C@@H](O)[C@H](O)/C=C/C=C/C=C\C=C\[C@H](O)CCCCC)COP(=O)([O-])OCC[N+](C)(C)C. The molecule has 0 aromatic heterocycles. The number of aliphatic hydroxyl groups excluding tert-OH is 3. The number of hydrogen-bond donors (Lipinski definition) is 3. The Morgan fingerprint density at radius 2 is 1.29 bits per heavy atom. The zero-order valence-corrected chi connectivity index (χ0v) is 35.3. The number of nitrogens with zero attached hydrogens (tertiary/aromatic N) is 1. The molecule has 13 heteroatoms. The van der Waals surface area contributed by atoms with Gasteiger partial charge in [0.2, 0.25) is 0 Å². The number of phosphoric acid groups is 1. The van der Waals surface area contributed by atoms with Crippen LogP contribution in [0.4, 0.5) is 0 Å². The number of unbranched alkanes of at least 4 members (excludes halogenated alkanes) is 9. The minimum absolute atomic E-state index is 0.0801. The van der Waals surface area contributed by atoms with Crippen molar-refractivity contribution in [2.24, 2.45) is 0 Å². The van der Waals surface area contributed by atoms with Crippen LogP contribution in [0.3, 0.4) is 0 Å². The van der Waals surface area contributed by atoms with E-state index in [0.717, 1.165) is 64.2 Å². The summed E-state index contributed by atoms with van der Waals surface area (Å²) in [6, 6.07) is 0. The number of hydrogen-bond acceptors (Lipinski definition) is 11. The standard InChI is InChI=1S/C42H74NO11P/c1-6-8-10-11-12-13-14-15-16-21-25-31-42(48)54-38(36-53-55(49,50)52-34-33-43(3,4)5)35-51-41(47)32-26-30-40(46)39(45)29-24-20-18-17-19-23-28-37(44)27-22-9-7-2/h11-12,17-20,23-24,28-29,37-40,44-46H,6-10,13-16,21-22,25-27,30-36H2,1-5H3/b12-11-,19-17-,20-18+,28-23+,29-24+/t37-,38-,39-,40-/m1/s1. The Bertz CT molecular complexity index is 1180. The average molecular weight is 800 g/mol. The van der Waals surface area contributed by atoms with Crippen LogP contribution < -0.4 is 4.89 Å². The first-order valence-electron chi connectivity index (χ1n) is 20.3. The van der Waals surface area contributed by atoms with Gasteiger partial charge in [-0.2, -0.15) is 0 Å². The number of allylic oxidation sites excluding steroid dienone is 8. The van der Waals surface area contributed by atoms with Crippen LogP contribution in [0.2, 0.25) is 0 Å². The molecule has 0 radical (unpaired) electrons.